The van der Waals surface area contributed by atoms with Gasteiger partial charge in [-0.15, -0.1) is 0 Å². The van der Waals surface area contributed by atoms with Gasteiger partial charge >= 0.3 is 5.97 Å². The Morgan fingerprint density at radius 2 is 1.92 bits per heavy atom. The van der Waals surface area contributed by atoms with E-state index in [9.17, 15) is 14.7 Å². The summed E-state index contributed by atoms with van der Waals surface area (Å²) >= 11 is 5.91. The number of benzene rings is 1. The summed E-state index contributed by atoms with van der Waals surface area (Å²) in [4.78, 5) is 24.9. The summed E-state index contributed by atoms with van der Waals surface area (Å²) in [6.07, 6.45) is 1.67. The minimum Gasteiger partial charge on any atom is -0.479 e. The van der Waals surface area contributed by atoms with Crippen molar-refractivity contribution in [2.45, 2.75) is 46.2 Å². The molecule has 1 aromatic heterocycles. The molecule has 1 aromatic carbocycles. The standard InChI is InChI=1S/C19H24ClN3O3/c1-5-19(18(25)26,14-6-8-15(20)9-7-14)22-17(24)16-10-21-23(13(16)4)11-12(2)3/h6-10,12H,5,11H2,1-4H3,(H,22,24)(H,25,26). The third kappa shape index (κ3) is 3.90. The molecule has 1 heterocycles. The number of hydrogen-bond acceptors (Lipinski definition) is 3. The van der Waals surface area contributed by atoms with Gasteiger partial charge in [0.05, 0.1) is 11.8 Å². The second-order valence-corrected chi connectivity index (χ2v) is 7.18. The molecule has 1 unspecified atom stereocenters. The van der Waals surface area contributed by atoms with Crippen molar-refractivity contribution in [3.63, 3.8) is 0 Å². The monoisotopic (exact) mass is 377 g/mol. The number of aromatic nitrogens is 2. The lowest BCUT2D eigenvalue weighted by molar-refractivity contribution is -0.145. The second kappa shape index (κ2) is 7.91. The number of amides is 1. The normalized spacial score (nSPS) is 13.5. The van der Waals surface area contributed by atoms with Crippen molar-refractivity contribution in [3.8, 4) is 0 Å². The maximum Gasteiger partial charge on any atom is 0.334 e. The van der Waals surface area contributed by atoms with Crippen molar-refractivity contribution in [3.05, 3.63) is 52.3 Å². The van der Waals surface area contributed by atoms with Crippen LogP contribution in [-0.4, -0.2) is 26.8 Å². The summed E-state index contributed by atoms with van der Waals surface area (Å²) in [5.41, 5.74) is 0.0210. The number of carboxylic acids is 1. The molecule has 0 bridgehead atoms. The highest BCUT2D eigenvalue weighted by molar-refractivity contribution is 6.30. The molecule has 0 saturated heterocycles. The lowest BCUT2D eigenvalue weighted by atomic mass is 9.87. The van der Waals surface area contributed by atoms with Crippen LogP contribution in [0, 0.1) is 12.8 Å². The summed E-state index contributed by atoms with van der Waals surface area (Å²) in [7, 11) is 0. The van der Waals surface area contributed by atoms with Crippen LogP contribution in [0.5, 0.6) is 0 Å². The van der Waals surface area contributed by atoms with Crippen LogP contribution in [0.2, 0.25) is 5.02 Å². The molecule has 1 amide bonds. The minimum atomic E-state index is -1.53. The highest BCUT2D eigenvalue weighted by Gasteiger charge is 2.41. The van der Waals surface area contributed by atoms with E-state index in [4.69, 9.17) is 11.6 Å². The van der Waals surface area contributed by atoms with Gasteiger partial charge < -0.3 is 10.4 Å². The van der Waals surface area contributed by atoms with Gasteiger partial charge in [0.25, 0.3) is 5.91 Å². The zero-order valence-corrected chi connectivity index (χ0v) is 16.2. The van der Waals surface area contributed by atoms with Gasteiger partial charge in [0.1, 0.15) is 0 Å². The Labute approximate surface area is 158 Å². The molecule has 1 atom stereocenters. The molecule has 0 fully saturated rings. The zero-order chi connectivity index (χ0) is 19.5. The van der Waals surface area contributed by atoms with Crippen molar-refractivity contribution in [1.82, 2.24) is 15.1 Å². The molecule has 0 saturated carbocycles. The van der Waals surface area contributed by atoms with E-state index < -0.39 is 17.4 Å². The van der Waals surface area contributed by atoms with Crippen molar-refractivity contribution >= 4 is 23.5 Å². The van der Waals surface area contributed by atoms with Crippen molar-refractivity contribution < 1.29 is 14.7 Å². The second-order valence-electron chi connectivity index (χ2n) is 6.74. The number of aliphatic carboxylic acids is 1. The Balaban J connectivity index is 2.37. The summed E-state index contributed by atoms with van der Waals surface area (Å²) in [5.74, 6) is -1.20. The fraction of sp³-hybridized carbons (Fsp3) is 0.421. The van der Waals surface area contributed by atoms with Crippen molar-refractivity contribution in [2.75, 3.05) is 0 Å². The zero-order valence-electron chi connectivity index (χ0n) is 15.4. The van der Waals surface area contributed by atoms with Crippen LogP contribution in [0.3, 0.4) is 0 Å². The van der Waals surface area contributed by atoms with E-state index in [0.29, 0.717) is 34.3 Å². The number of hydrogen-bond donors (Lipinski definition) is 2. The fourth-order valence-electron chi connectivity index (χ4n) is 2.89. The summed E-state index contributed by atoms with van der Waals surface area (Å²) in [6, 6.07) is 6.47. The summed E-state index contributed by atoms with van der Waals surface area (Å²) < 4.78 is 1.76. The summed E-state index contributed by atoms with van der Waals surface area (Å²) in [5, 5.41) is 17.3. The quantitative estimate of drug-likeness (QED) is 0.771. The molecule has 2 rings (SSSR count). The molecule has 0 spiro atoms. The third-order valence-electron chi connectivity index (χ3n) is 4.45. The van der Waals surface area contributed by atoms with Crippen LogP contribution in [0.15, 0.2) is 30.5 Å². The van der Waals surface area contributed by atoms with Crippen LogP contribution in [0.1, 0.15) is 48.8 Å². The molecule has 0 aliphatic carbocycles. The first-order valence-corrected chi connectivity index (χ1v) is 8.93. The van der Waals surface area contributed by atoms with Crippen LogP contribution in [0.4, 0.5) is 0 Å². The lowest BCUT2D eigenvalue weighted by Crippen LogP contribution is -2.51. The molecule has 0 aliphatic heterocycles. The SMILES string of the molecule is CCC(NC(=O)c1cnn(CC(C)C)c1C)(C(=O)O)c1ccc(Cl)cc1. The van der Waals surface area contributed by atoms with Crippen LogP contribution >= 0.6 is 11.6 Å². The minimum absolute atomic E-state index is 0.189. The van der Waals surface area contributed by atoms with Gasteiger partial charge in [-0.3, -0.25) is 9.48 Å². The molecule has 26 heavy (non-hydrogen) atoms. The average Bonchev–Trinajstić information content (AvgIpc) is 2.93. The highest BCUT2D eigenvalue weighted by atomic mass is 35.5. The van der Waals surface area contributed by atoms with E-state index >= 15 is 0 Å². The predicted molar refractivity (Wildman–Crippen MR) is 100 cm³/mol. The van der Waals surface area contributed by atoms with Gasteiger partial charge in [0.15, 0.2) is 5.54 Å². The number of carboxylic acid groups (broad SMARTS) is 1. The number of nitrogens with one attached hydrogen (secondary N) is 1. The number of halogens is 1. The van der Waals surface area contributed by atoms with E-state index in [1.165, 1.54) is 6.20 Å². The number of rotatable bonds is 7. The predicted octanol–water partition coefficient (Wildman–Crippen LogP) is 3.62. The van der Waals surface area contributed by atoms with E-state index in [0.717, 1.165) is 0 Å². The molecule has 0 aliphatic rings. The van der Waals surface area contributed by atoms with Gasteiger partial charge in [-0.1, -0.05) is 44.5 Å². The van der Waals surface area contributed by atoms with Crippen LogP contribution < -0.4 is 5.32 Å². The number of nitrogens with zero attached hydrogens (tertiary/aromatic N) is 2. The molecule has 6 nitrogen and oxygen atoms in total. The molecular weight excluding hydrogens is 354 g/mol. The Bertz CT molecular complexity index is 799. The average molecular weight is 378 g/mol. The smallest absolute Gasteiger partial charge is 0.334 e. The van der Waals surface area contributed by atoms with E-state index in [-0.39, 0.29) is 6.42 Å². The topological polar surface area (TPSA) is 84.2 Å². The van der Waals surface area contributed by atoms with Crippen LogP contribution in [0.25, 0.3) is 0 Å². The van der Waals surface area contributed by atoms with E-state index in [1.807, 2.05) is 0 Å². The Kier molecular flexibility index (Phi) is 6.08. The van der Waals surface area contributed by atoms with Crippen molar-refractivity contribution in [2.24, 2.45) is 5.92 Å². The molecule has 2 N–H and O–H groups in total. The van der Waals surface area contributed by atoms with Gasteiger partial charge in [-0.2, -0.15) is 5.10 Å². The van der Waals surface area contributed by atoms with E-state index in [2.05, 4.69) is 24.3 Å². The van der Waals surface area contributed by atoms with Crippen LogP contribution in [-0.2, 0) is 16.9 Å². The Hall–Kier alpha value is -2.34. The van der Waals surface area contributed by atoms with E-state index in [1.54, 1.807) is 42.8 Å². The Morgan fingerprint density at radius 1 is 1.31 bits per heavy atom. The first-order chi connectivity index (χ1) is 12.2. The first-order valence-electron chi connectivity index (χ1n) is 8.55. The van der Waals surface area contributed by atoms with Gasteiger partial charge in [-0.05, 0) is 37.0 Å². The highest BCUT2D eigenvalue weighted by Crippen LogP contribution is 2.28. The lowest BCUT2D eigenvalue weighted by Gasteiger charge is -2.30. The largest absolute Gasteiger partial charge is 0.479 e. The molecular formula is C19H24ClN3O3. The number of carbonyl (C=O) groups is 2. The number of carbonyl (C=O) groups excluding carboxylic acids is 1. The third-order valence-corrected chi connectivity index (χ3v) is 4.70. The molecule has 7 heteroatoms. The van der Waals surface area contributed by atoms with Crippen molar-refractivity contribution in [1.29, 1.82) is 0 Å². The van der Waals surface area contributed by atoms with Gasteiger partial charge in [0.2, 0.25) is 0 Å². The molecule has 0 radical (unpaired) electrons. The molecule has 140 valence electrons. The fourth-order valence-corrected chi connectivity index (χ4v) is 3.01. The Morgan fingerprint density at radius 3 is 2.42 bits per heavy atom. The maximum atomic E-state index is 12.8. The maximum absolute atomic E-state index is 12.8. The summed E-state index contributed by atoms with van der Waals surface area (Å²) in [6.45, 7) is 8.34. The van der Waals surface area contributed by atoms with Gasteiger partial charge in [0, 0.05) is 17.3 Å². The first kappa shape index (κ1) is 20.0. The van der Waals surface area contributed by atoms with Gasteiger partial charge in [-0.25, -0.2) is 4.79 Å². The molecule has 2 aromatic rings.